The molecule has 0 aliphatic carbocycles. The van der Waals surface area contributed by atoms with Crippen LogP contribution in [-0.4, -0.2) is 39.8 Å². The van der Waals surface area contributed by atoms with Crippen molar-refractivity contribution in [2.75, 3.05) is 18.5 Å². The summed E-state index contributed by atoms with van der Waals surface area (Å²) in [6, 6.07) is 10.1. The highest BCUT2D eigenvalue weighted by atomic mass is 15.6. The van der Waals surface area contributed by atoms with E-state index in [2.05, 4.69) is 29.4 Å². The fourth-order valence-electron chi connectivity index (χ4n) is 1.93. The number of anilines is 1. The number of nitrogens with zero attached hydrogens (tertiary/aromatic N) is 5. The highest BCUT2D eigenvalue weighted by Gasteiger charge is 2.14. The van der Waals surface area contributed by atoms with Crippen LogP contribution in [0.25, 0.3) is 5.69 Å². The molecule has 6 nitrogen and oxygen atoms in total. The Morgan fingerprint density at radius 3 is 2.60 bits per heavy atom. The molecule has 6 heteroatoms. The van der Waals surface area contributed by atoms with Gasteiger partial charge in [0.25, 0.3) is 0 Å². The van der Waals surface area contributed by atoms with Gasteiger partial charge in [0.1, 0.15) is 0 Å². The topological polar surface area (TPSA) is 72.9 Å². The Balaban J connectivity index is 2.08. The SMILES string of the molecule is CC(C)C(N)CCN(C)c1nnnn1-c1ccccc1. The van der Waals surface area contributed by atoms with Gasteiger partial charge in [-0.2, -0.15) is 4.68 Å². The highest BCUT2D eigenvalue weighted by molar-refractivity contribution is 5.39. The summed E-state index contributed by atoms with van der Waals surface area (Å²) in [5, 5.41) is 11.9. The molecule has 0 aliphatic heterocycles. The Kier molecular flexibility index (Phi) is 4.68. The molecule has 0 saturated heterocycles. The number of benzene rings is 1. The number of hydrogen-bond donors (Lipinski definition) is 1. The van der Waals surface area contributed by atoms with Crippen molar-refractivity contribution < 1.29 is 0 Å². The lowest BCUT2D eigenvalue weighted by Gasteiger charge is -2.21. The van der Waals surface area contributed by atoms with E-state index in [1.54, 1.807) is 4.68 Å². The van der Waals surface area contributed by atoms with Crippen LogP contribution in [0.3, 0.4) is 0 Å². The van der Waals surface area contributed by atoms with Gasteiger partial charge in [-0.15, -0.1) is 0 Å². The summed E-state index contributed by atoms with van der Waals surface area (Å²) in [5.74, 6) is 1.21. The number of para-hydroxylation sites is 1. The van der Waals surface area contributed by atoms with E-state index in [0.29, 0.717) is 5.92 Å². The highest BCUT2D eigenvalue weighted by Crippen LogP contribution is 2.14. The van der Waals surface area contributed by atoms with E-state index in [-0.39, 0.29) is 6.04 Å². The van der Waals surface area contributed by atoms with Crippen LogP contribution in [0.4, 0.5) is 5.95 Å². The molecule has 1 aromatic heterocycles. The van der Waals surface area contributed by atoms with E-state index in [0.717, 1.165) is 24.6 Å². The monoisotopic (exact) mass is 274 g/mol. The Labute approximate surface area is 119 Å². The van der Waals surface area contributed by atoms with Crippen molar-refractivity contribution in [2.24, 2.45) is 11.7 Å². The standard InChI is InChI=1S/C14H22N6/c1-11(2)13(15)9-10-19(3)14-16-17-18-20(14)12-7-5-4-6-8-12/h4-8,11,13H,9-10,15H2,1-3H3. The third-order valence-electron chi connectivity index (χ3n) is 3.45. The summed E-state index contributed by atoms with van der Waals surface area (Å²) < 4.78 is 1.74. The summed E-state index contributed by atoms with van der Waals surface area (Å²) >= 11 is 0. The van der Waals surface area contributed by atoms with Crippen LogP contribution in [0.2, 0.25) is 0 Å². The Bertz CT molecular complexity index is 521. The van der Waals surface area contributed by atoms with Crippen molar-refractivity contribution in [2.45, 2.75) is 26.3 Å². The van der Waals surface area contributed by atoms with Gasteiger partial charge >= 0.3 is 0 Å². The van der Waals surface area contributed by atoms with Crippen molar-refractivity contribution in [1.29, 1.82) is 0 Å². The maximum atomic E-state index is 6.08. The minimum absolute atomic E-state index is 0.193. The molecule has 0 radical (unpaired) electrons. The van der Waals surface area contributed by atoms with E-state index in [1.807, 2.05) is 42.3 Å². The Hall–Kier alpha value is -1.95. The van der Waals surface area contributed by atoms with Crippen LogP contribution >= 0.6 is 0 Å². The molecule has 1 unspecified atom stereocenters. The molecule has 1 heterocycles. The molecular weight excluding hydrogens is 252 g/mol. The fourth-order valence-corrected chi connectivity index (χ4v) is 1.93. The zero-order valence-corrected chi connectivity index (χ0v) is 12.3. The largest absolute Gasteiger partial charge is 0.342 e. The first-order valence-corrected chi connectivity index (χ1v) is 6.90. The number of tetrazole rings is 1. The number of hydrogen-bond acceptors (Lipinski definition) is 5. The first-order chi connectivity index (χ1) is 9.59. The average Bonchev–Trinajstić information content (AvgIpc) is 2.94. The van der Waals surface area contributed by atoms with Crippen LogP contribution < -0.4 is 10.6 Å². The molecule has 0 spiro atoms. The minimum Gasteiger partial charge on any atom is -0.342 e. The second-order valence-corrected chi connectivity index (χ2v) is 5.34. The van der Waals surface area contributed by atoms with E-state index in [9.17, 15) is 0 Å². The van der Waals surface area contributed by atoms with Crippen LogP contribution in [-0.2, 0) is 0 Å². The van der Waals surface area contributed by atoms with Gasteiger partial charge in [-0.1, -0.05) is 37.1 Å². The summed E-state index contributed by atoms with van der Waals surface area (Å²) in [6.45, 7) is 5.10. The van der Waals surface area contributed by atoms with Gasteiger partial charge in [-0.25, -0.2) is 0 Å². The molecule has 1 aromatic carbocycles. The summed E-state index contributed by atoms with van der Waals surface area (Å²) in [6.07, 6.45) is 0.913. The van der Waals surface area contributed by atoms with Gasteiger partial charge in [0.15, 0.2) is 0 Å². The van der Waals surface area contributed by atoms with E-state index in [1.165, 1.54) is 0 Å². The third-order valence-corrected chi connectivity index (χ3v) is 3.45. The lowest BCUT2D eigenvalue weighted by atomic mass is 10.0. The van der Waals surface area contributed by atoms with Crippen LogP contribution in [0.5, 0.6) is 0 Å². The molecule has 2 N–H and O–H groups in total. The van der Waals surface area contributed by atoms with Gasteiger partial charge in [0, 0.05) is 19.6 Å². The second kappa shape index (κ2) is 6.47. The van der Waals surface area contributed by atoms with Crippen molar-refractivity contribution in [3.05, 3.63) is 30.3 Å². The molecule has 2 aromatic rings. The zero-order chi connectivity index (χ0) is 14.5. The van der Waals surface area contributed by atoms with E-state index >= 15 is 0 Å². The predicted molar refractivity (Wildman–Crippen MR) is 79.9 cm³/mol. The lowest BCUT2D eigenvalue weighted by molar-refractivity contribution is 0.465. The normalized spacial score (nSPS) is 12.7. The number of rotatable bonds is 6. The van der Waals surface area contributed by atoms with Crippen LogP contribution in [0, 0.1) is 5.92 Å². The Morgan fingerprint density at radius 1 is 1.25 bits per heavy atom. The smallest absolute Gasteiger partial charge is 0.250 e. The maximum absolute atomic E-state index is 6.08. The first kappa shape index (κ1) is 14.5. The Morgan fingerprint density at radius 2 is 1.95 bits per heavy atom. The van der Waals surface area contributed by atoms with Crippen molar-refractivity contribution in [3.8, 4) is 5.69 Å². The van der Waals surface area contributed by atoms with Gasteiger partial charge < -0.3 is 10.6 Å². The second-order valence-electron chi connectivity index (χ2n) is 5.34. The summed E-state index contributed by atoms with van der Waals surface area (Å²) in [7, 11) is 1.98. The molecule has 1 atom stereocenters. The molecule has 0 saturated carbocycles. The quantitative estimate of drug-likeness (QED) is 0.863. The average molecular weight is 274 g/mol. The fraction of sp³-hybridized carbons (Fsp3) is 0.500. The third kappa shape index (κ3) is 3.33. The van der Waals surface area contributed by atoms with Crippen LogP contribution in [0.1, 0.15) is 20.3 Å². The van der Waals surface area contributed by atoms with E-state index < -0.39 is 0 Å². The van der Waals surface area contributed by atoms with Gasteiger partial charge in [0.05, 0.1) is 5.69 Å². The maximum Gasteiger partial charge on any atom is 0.250 e. The molecule has 0 fully saturated rings. The molecule has 0 amide bonds. The molecular formula is C14H22N6. The molecule has 0 bridgehead atoms. The van der Waals surface area contributed by atoms with Gasteiger partial charge in [-0.05, 0) is 34.9 Å². The van der Waals surface area contributed by atoms with Crippen LogP contribution in [0.15, 0.2) is 30.3 Å². The number of nitrogens with two attached hydrogens (primary N) is 1. The lowest BCUT2D eigenvalue weighted by Crippen LogP contribution is -2.32. The van der Waals surface area contributed by atoms with Gasteiger partial charge in [-0.3, -0.25) is 0 Å². The molecule has 0 aliphatic rings. The summed E-state index contributed by atoms with van der Waals surface area (Å²) in [5.41, 5.74) is 7.03. The first-order valence-electron chi connectivity index (χ1n) is 6.90. The minimum atomic E-state index is 0.193. The van der Waals surface area contributed by atoms with Crippen molar-refractivity contribution in [1.82, 2.24) is 20.2 Å². The molecule has 20 heavy (non-hydrogen) atoms. The predicted octanol–water partition coefficient (Wildman–Crippen LogP) is 1.47. The zero-order valence-electron chi connectivity index (χ0n) is 12.3. The van der Waals surface area contributed by atoms with Gasteiger partial charge in [0.2, 0.25) is 5.95 Å². The molecule has 108 valence electrons. The number of aromatic nitrogens is 4. The summed E-state index contributed by atoms with van der Waals surface area (Å²) in [4.78, 5) is 2.04. The van der Waals surface area contributed by atoms with E-state index in [4.69, 9.17) is 5.73 Å². The van der Waals surface area contributed by atoms with Crippen molar-refractivity contribution >= 4 is 5.95 Å². The van der Waals surface area contributed by atoms with Crippen molar-refractivity contribution in [3.63, 3.8) is 0 Å². The molecule has 2 rings (SSSR count).